The molecule has 0 aliphatic carbocycles. The number of anilines is 1. The van der Waals surface area contributed by atoms with E-state index in [-0.39, 0.29) is 5.91 Å². The third-order valence-electron chi connectivity index (χ3n) is 5.21. The Hall–Kier alpha value is -3.06. The summed E-state index contributed by atoms with van der Waals surface area (Å²) >= 11 is 1.71. The van der Waals surface area contributed by atoms with Crippen LogP contribution in [0.2, 0.25) is 0 Å². The molecule has 1 aromatic heterocycles. The molecule has 4 rings (SSSR count). The predicted molar refractivity (Wildman–Crippen MR) is 126 cm³/mol. The lowest BCUT2D eigenvalue weighted by molar-refractivity contribution is -0.131. The Morgan fingerprint density at radius 1 is 0.968 bits per heavy atom. The summed E-state index contributed by atoms with van der Waals surface area (Å²) in [4.78, 5) is 25.6. The molecule has 1 aliphatic heterocycles. The van der Waals surface area contributed by atoms with Crippen LogP contribution in [0, 0.1) is 0 Å². The first-order valence-corrected chi connectivity index (χ1v) is 11.8. The summed E-state index contributed by atoms with van der Waals surface area (Å²) in [6.07, 6.45) is 4.43. The highest BCUT2D eigenvalue weighted by Crippen LogP contribution is 2.25. The molecule has 31 heavy (non-hydrogen) atoms. The zero-order valence-corrected chi connectivity index (χ0v) is 18.4. The Morgan fingerprint density at radius 2 is 1.68 bits per heavy atom. The number of carbonyl (C=O) groups excluding carboxylic acids is 1. The summed E-state index contributed by atoms with van der Waals surface area (Å²) in [5, 5.41) is 0. The maximum absolute atomic E-state index is 12.2. The van der Waals surface area contributed by atoms with E-state index >= 15 is 0 Å². The number of nitrogens with zero attached hydrogens (tertiary/aromatic N) is 4. The molecule has 0 unspecified atom stereocenters. The average molecular weight is 435 g/mol. The molecule has 1 saturated heterocycles. The minimum absolute atomic E-state index is 0.237. The van der Waals surface area contributed by atoms with Crippen molar-refractivity contribution in [1.82, 2.24) is 14.9 Å². The van der Waals surface area contributed by atoms with Crippen molar-refractivity contribution in [2.75, 3.05) is 43.1 Å². The van der Waals surface area contributed by atoms with E-state index in [1.807, 2.05) is 71.8 Å². The number of carbonyl (C=O) groups is 1. The first kappa shape index (κ1) is 21.2. The molecule has 2 aromatic carbocycles. The third kappa shape index (κ3) is 5.55. The second-order valence-electron chi connectivity index (χ2n) is 7.29. The van der Waals surface area contributed by atoms with Crippen LogP contribution in [-0.4, -0.2) is 59.0 Å². The standard InChI is InChI=1S/C24H26N4O2S/c1-31-18-12-23(29)27-14-16-28(17-15-27)24-25-13-11-22(26-24)19-7-9-21(10-8-19)30-20-5-3-2-4-6-20/h2-11,13H,12,14-18H2,1H3. The molecule has 0 saturated carbocycles. The van der Waals surface area contributed by atoms with E-state index < -0.39 is 0 Å². The van der Waals surface area contributed by atoms with Gasteiger partial charge >= 0.3 is 0 Å². The van der Waals surface area contributed by atoms with Crippen molar-refractivity contribution < 1.29 is 9.53 Å². The smallest absolute Gasteiger partial charge is 0.225 e. The number of amides is 1. The monoisotopic (exact) mass is 434 g/mol. The summed E-state index contributed by atoms with van der Waals surface area (Å²) in [5.41, 5.74) is 1.88. The quantitative estimate of drug-likeness (QED) is 0.551. The van der Waals surface area contributed by atoms with Crippen molar-refractivity contribution in [3.63, 3.8) is 0 Å². The fraction of sp³-hybridized carbons (Fsp3) is 0.292. The number of hydrogen-bond donors (Lipinski definition) is 0. The van der Waals surface area contributed by atoms with Crippen molar-refractivity contribution in [2.45, 2.75) is 6.42 Å². The van der Waals surface area contributed by atoms with Gasteiger partial charge in [0.2, 0.25) is 11.9 Å². The van der Waals surface area contributed by atoms with E-state index in [9.17, 15) is 4.79 Å². The Balaban J connectivity index is 1.39. The number of para-hydroxylation sites is 1. The van der Waals surface area contributed by atoms with E-state index in [4.69, 9.17) is 9.72 Å². The number of ether oxygens (including phenoxy) is 1. The molecule has 0 atom stereocenters. The molecular formula is C24H26N4O2S. The van der Waals surface area contributed by atoms with Gasteiger partial charge in [0.05, 0.1) is 5.69 Å². The van der Waals surface area contributed by atoms with Crippen LogP contribution in [0.1, 0.15) is 6.42 Å². The minimum atomic E-state index is 0.237. The second kappa shape index (κ2) is 10.3. The Labute approximate surface area is 187 Å². The van der Waals surface area contributed by atoms with Crippen LogP contribution in [0.15, 0.2) is 66.9 Å². The number of rotatable bonds is 7. The summed E-state index contributed by atoms with van der Waals surface area (Å²) in [6.45, 7) is 2.93. The molecule has 1 amide bonds. The molecule has 0 radical (unpaired) electrons. The minimum Gasteiger partial charge on any atom is -0.457 e. The van der Waals surface area contributed by atoms with Gasteiger partial charge in [-0.15, -0.1) is 0 Å². The molecule has 1 aliphatic rings. The van der Waals surface area contributed by atoms with Gasteiger partial charge in [0.1, 0.15) is 11.5 Å². The number of aromatic nitrogens is 2. The van der Waals surface area contributed by atoms with Crippen LogP contribution in [0.5, 0.6) is 11.5 Å². The van der Waals surface area contributed by atoms with Gasteiger partial charge in [0, 0.05) is 50.1 Å². The maximum Gasteiger partial charge on any atom is 0.225 e. The van der Waals surface area contributed by atoms with E-state index in [1.54, 1.807) is 18.0 Å². The number of benzene rings is 2. The number of piperazine rings is 1. The SMILES string of the molecule is CSCCC(=O)N1CCN(c2nccc(-c3ccc(Oc4ccccc4)cc3)n2)CC1. The summed E-state index contributed by atoms with van der Waals surface area (Å²) in [6, 6.07) is 19.6. The normalized spacial score (nSPS) is 13.8. The molecule has 160 valence electrons. The van der Waals surface area contributed by atoms with E-state index in [0.29, 0.717) is 25.5 Å². The first-order valence-electron chi connectivity index (χ1n) is 10.4. The second-order valence-corrected chi connectivity index (χ2v) is 8.28. The molecule has 0 N–H and O–H groups in total. The predicted octanol–water partition coefficient (Wildman–Crippen LogP) is 4.34. The number of thioether (sulfide) groups is 1. The Kier molecular flexibility index (Phi) is 7.04. The highest BCUT2D eigenvalue weighted by molar-refractivity contribution is 7.98. The van der Waals surface area contributed by atoms with Crippen LogP contribution in [0.25, 0.3) is 11.3 Å². The van der Waals surface area contributed by atoms with Gasteiger partial charge in [0.25, 0.3) is 0 Å². The van der Waals surface area contributed by atoms with Crippen LogP contribution in [0.3, 0.4) is 0 Å². The van der Waals surface area contributed by atoms with Crippen molar-refractivity contribution in [1.29, 1.82) is 0 Å². The Bertz CT molecular complexity index is 990. The van der Waals surface area contributed by atoms with E-state index in [2.05, 4.69) is 9.88 Å². The summed E-state index contributed by atoms with van der Waals surface area (Å²) in [7, 11) is 0. The third-order valence-corrected chi connectivity index (χ3v) is 5.82. The molecule has 2 heterocycles. The first-order chi connectivity index (χ1) is 15.2. The van der Waals surface area contributed by atoms with Crippen LogP contribution < -0.4 is 9.64 Å². The van der Waals surface area contributed by atoms with E-state index in [1.165, 1.54) is 0 Å². The fourth-order valence-electron chi connectivity index (χ4n) is 3.48. The highest BCUT2D eigenvalue weighted by atomic mass is 32.2. The topological polar surface area (TPSA) is 58.6 Å². The molecule has 0 spiro atoms. The van der Waals surface area contributed by atoms with Gasteiger partial charge in [-0.3, -0.25) is 4.79 Å². The zero-order chi connectivity index (χ0) is 21.5. The number of hydrogen-bond acceptors (Lipinski definition) is 6. The molecular weight excluding hydrogens is 408 g/mol. The fourth-order valence-corrected chi connectivity index (χ4v) is 3.86. The average Bonchev–Trinajstić information content (AvgIpc) is 2.84. The maximum atomic E-state index is 12.2. The van der Waals surface area contributed by atoms with Gasteiger partial charge in [-0.2, -0.15) is 11.8 Å². The van der Waals surface area contributed by atoms with Crippen LogP contribution in [0.4, 0.5) is 5.95 Å². The zero-order valence-electron chi connectivity index (χ0n) is 17.6. The molecule has 3 aromatic rings. The lowest BCUT2D eigenvalue weighted by Gasteiger charge is -2.34. The van der Waals surface area contributed by atoms with Gasteiger partial charge in [-0.05, 0) is 48.7 Å². The molecule has 1 fully saturated rings. The van der Waals surface area contributed by atoms with Crippen molar-refractivity contribution in [2.24, 2.45) is 0 Å². The lowest BCUT2D eigenvalue weighted by atomic mass is 10.1. The van der Waals surface area contributed by atoms with E-state index in [0.717, 1.165) is 41.6 Å². The largest absolute Gasteiger partial charge is 0.457 e. The highest BCUT2D eigenvalue weighted by Gasteiger charge is 2.22. The van der Waals surface area contributed by atoms with Gasteiger partial charge in [0.15, 0.2) is 0 Å². The molecule has 0 bridgehead atoms. The van der Waals surface area contributed by atoms with Crippen molar-refractivity contribution >= 4 is 23.6 Å². The Morgan fingerprint density at radius 3 is 2.39 bits per heavy atom. The van der Waals surface area contributed by atoms with Crippen LogP contribution >= 0.6 is 11.8 Å². The molecule has 6 nitrogen and oxygen atoms in total. The van der Waals surface area contributed by atoms with Gasteiger partial charge < -0.3 is 14.5 Å². The van der Waals surface area contributed by atoms with Gasteiger partial charge in [-0.25, -0.2) is 9.97 Å². The van der Waals surface area contributed by atoms with Crippen molar-refractivity contribution in [3.8, 4) is 22.8 Å². The summed E-state index contributed by atoms with van der Waals surface area (Å²) in [5.74, 6) is 3.41. The molecule has 7 heteroatoms. The summed E-state index contributed by atoms with van der Waals surface area (Å²) < 4.78 is 5.87. The van der Waals surface area contributed by atoms with Gasteiger partial charge in [-0.1, -0.05) is 18.2 Å². The lowest BCUT2D eigenvalue weighted by Crippen LogP contribution is -2.49. The van der Waals surface area contributed by atoms with Crippen LogP contribution in [-0.2, 0) is 4.79 Å². The van der Waals surface area contributed by atoms with Crippen molar-refractivity contribution in [3.05, 3.63) is 66.9 Å².